The predicted molar refractivity (Wildman–Crippen MR) is 113 cm³/mol. The first kappa shape index (κ1) is 17.7. The molecule has 0 bridgehead atoms. The van der Waals surface area contributed by atoms with Gasteiger partial charge >= 0.3 is 0 Å². The zero-order valence-electron chi connectivity index (χ0n) is 16.2. The molecular formula is C23H22N4O2. The van der Waals surface area contributed by atoms with E-state index in [2.05, 4.69) is 20.9 Å². The summed E-state index contributed by atoms with van der Waals surface area (Å²) in [5.74, 6) is 1.49. The van der Waals surface area contributed by atoms with Crippen LogP contribution < -0.4 is 10.3 Å². The van der Waals surface area contributed by atoms with Crippen LogP contribution in [-0.2, 0) is 19.5 Å². The van der Waals surface area contributed by atoms with Gasteiger partial charge in [0.15, 0.2) is 0 Å². The lowest BCUT2D eigenvalue weighted by Crippen LogP contribution is -2.35. The highest BCUT2D eigenvalue weighted by atomic mass is 16.5. The third kappa shape index (κ3) is 3.32. The Labute approximate surface area is 168 Å². The molecule has 0 atom stereocenters. The summed E-state index contributed by atoms with van der Waals surface area (Å²) in [6, 6.07) is 15.8. The SMILES string of the molecule is COc1ccc2[nH]cc(CN3CCc4nc(-c5ccccc5)[nH]c(=O)c4C3)c2c1. The monoisotopic (exact) mass is 386 g/mol. The van der Waals surface area contributed by atoms with Crippen LogP contribution in [0.2, 0.25) is 0 Å². The molecule has 0 saturated heterocycles. The van der Waals surface area contributed by atoms with E-state index in [9.17, 15) is 4.79 Å². The summed E-state index contributed by atoms with van der Waals surface area (Å²) in [5.41, 5.74) is 4.86. The molecular weight excluding hydrogens is 364 g/mol. The maximum absolute atomic E-state index is 12.8. The molecule has 1 aliphatic rings. The summed E-state index contributed by atoms with van der Waals surface area (Å²) in [7, 11) is 1.68. The largest absolute Gasteiger partial charge is 0.497 e. The molecule has 0 unspecified atom stereocenters. The summed E-state index contributed by atoms with van der Waals surface area (Å²) in [6.45, 7) is 2.24. The zero-order chi connectivity index (χ0) is 19.8. The van der Waals surface area contributed by atoms with E-state index in [4.69, 9.17) is 9.72 Å². The standard InChI is InChI=1S/C23H22N4O2/c1-29-17-7-8-20-18(11-17)16(12-24-20)13-27-10-9-21-19(14-27)23(28)26-22(25-21)15-5-3-2-4-6-15/h2-8,11-12,24H,9-10,13-14H2,1H3,(H,25,26,28). The third-order valence-corrected chi connectivity index (χ3v) is 5.56. The molecule has 4 aromatic rings. The van der Waals surface area contributed by atoms with Crippen molar-refractivity contribution in [3.8, 4) is 17.1 Å². The average molecular weight is 386 g/mol. The van der Waals surface area contributed by atoms with Gasteiger partial charge < -0.3 is 14.7 Å². The van der Waals surface area contributed by atoms with Crippen molar-refractivity contribution in [2.75, 3.05) is 13.7 Å². The van der Waals surface area contributed by atoms with Crippen molar-refractivity contribution >= 4 is 10.9 Å². The number of rotatable bonds is 4. The first-order chi connectivity index (χ1) is 14.2. The smallest absolute Gasteiger partial charge is 0.255 e. The lowest BCUT2D eigenvalue weighted by molar-refractivity contribution is 0.242. The molecule has 6 nitrogen and oxygen atoms in total. The van der Waals surface area contributed by atoms with Gasteiger partial charge in [0.05, 0.1) is 18.4 Å². The van der Waals surface area contributed by atoms with Gasteiger partial charge in [0.2, 0.25) is 0 Å². The quantitative estimate of drug-likeness (QED) is 0.563. The molecule has 146 valence electrons. The van der Waals surface area contributed by atoms with Crippen molar-refractivity contribution in [1.82, 2.24) is 19.9 Å². The van der Waals surface area contributed by atoms with Crippen LogP contribution in [0.1, 0.15) is 16.8 Å². The molecule has 0 fully saturated rings. The van der Waals surface area contributed by atoms with Crippen LogP contribution in [0.3, 0.4) is 0 Å². The van der Waals surface area contributed by atoms with Gasteiger partial charge in [-0.3, -0.25) is 9.69 Å². The maximum atomic E-state index is 12.8. The second kappa shape index (κ2) is 7.22. The van der Waals surface area contributed by atoms with E-state index in [1.807, 2.05) is 48.7 Å². The molecule has 0 spiro atoms. The molecule has 5 rings (SSSR count). The van der Waals surface area contributed by atoms with Crippen LogP contribution in [-0.4, -0.2) is 33.5 Å². The van der Waals surface area contributed by atoms with E-state index in [-0.39, 0.29) is 5.56 Å². The predicted octanol–water partition coefficient (Wildman–Crippen LogP) is 3.49. The fourth-order valence-electron chi connectivity index (χ4n) is 4.00. The van der Waals surface area contributed by atoms with Gasteiger partial charge in [0, 0.05) is 48.7 Å². The molecule has 29 heavy (non-hydrogen) atoms. The maximum Gasteiger partial charge on any atom is 0.255 e. The number of methoxy groups -OCH3 is 1. The second-order valence-electron chi connectivity index (χ2n) is 7.39. The van der Waals surface area contributed by atoms with Crippen molar-refractivity contribution in [2.24, 2.45) is 0 Å². The lowest BCUT2D eigenvalue weighted by Gasteiger charge is -2.27. The first-order valence-electron chi connectivity index (χ1n) is 9.75. The minimum Gasteiger partial charge on any atom is -0.497 e. The highest BCUT2D eigenvalue weighted by molar-refractivity contribution is 5.84. The number of hydrogen-bond donors (Lipinski definition) is 2. The van der Waals surface area contributed by atoms with Crippen LogP contribution in [0.4, 0.5) is 0 Å². The van der Waals surface area contributed by atoms with Gasteiger partial charge in [-0.05, 0) is 23.8 Å². The lowest BCUT2D eigenvalue weighted by atomic mass is 10.0. The summed E-state index contributed by atoms with van der Waals surface area (Å²) in [5, 5.41) is 1.15. The summed E-state index contributed by atoms with van der Waals surface area (Å²) >= 11 is 0. The number of fused-ring (bicyclic) bond motifs is 2. The number of ether oxygens (including phenoxy) is 1. The molecule has 6 heteroatoms. The molecule has 2 aromatic heterocycles. The summed E-state index contributed by atoms with van der Waals surface area (Å²) in [6.07, 6.45) is 2.81. The number of hydrogen-bond acceptors (Lipinski definition) is 4. The van der Waals surface area contributed by atoms with Crippen LogP contribution in [0.15, 0.2) is 59.5 Å². The fourth-order valence-corrected chi connectivity index (χ4v) is 4.00. The van der Waals surface area contributed by atoms with Gasteiger partial charge in [0.25, 0.3) is 5.56 Å². The van der Waals surface area contributed by atoms with E-state index in [0.717, 1.165) is 53.0 Å². The Hall–Kier alpha value is -3.38. The Balaban J connectivity index is 1.41. The van der Waals surface area contributed by atoms with E-state index >= 15 is 0 Å². The van der Waals surface area contributed by atoms with Crippen LogP contribution in [0, 0.1) is 0 Å². The van der Waals surface area contributed by atoms with Crippen molar-refractivity contribution in [3.05, 3.63) is 81.9 Å². The minimum atomic E-state index is -0.0425. The fraction of sp³-hybridized carbons (Fsp3) is 0.217. The Morgan fingerprint density at radius 2 is 2.03 bits per heavy atom. The number of H-pyrrole nitrogens is 2. The average Bonchev–Trinajstić information content (AvgIpc) is 3.16. The normalized spacial score (nSPS) is 14.1. The first-order valence-corrected chi connectivity index (χ1v) is 9.75. The Kier molecular flexibility index (Phi) is 4.41. The molecule has 1 aliphatic heterocycles. The number of aromatic amines is 2. The van der Waals surface area contributed by atoms with Crippen LogP contribution >= 0.6 is 0 Å². The van der Waals surface area contributed by atoms with Gasteiger partial charge in [-0.15, -0.1) is 0 Å². The second-order valence-corrected chi connectivity index (χ2v) is 7.39. The molecule has 0 amide bonds. The van der Waals surface area contributed by atoms with E-state index in [1.54, 1.807) is 7.11 Å². The Bertz CT molecular complexity index is 1230. The molecule has 3 heterocycles. The highest BCUT2D eigenvalue weighted by Gasteiger charge is 2.22. The van der Waals surface area contributed by atoms with E-state index < -0.39 is 0 Å². The van der Waals surface area contributed by atoms with Gasteiger partial charge in [-0.2, -0.15) is 0 Å². The minimum absolute atomic E-state index is 0.0425. The van der Waals surface area contributed by atoms with Gasteiger partial charge in [0.1, 0.15) is 11.6 Å². The van der Waals surface area contributed by atoms with Crippen molar-refractivity contribution < 1.29 is 4.74 Å². The number of aromatic nitrogens is 3. The zero-order valence-corrected chi connectivity index (χ0v) is 16.2. The molecule has 2 N–H and O–H groups in total. The van der Waals surface area contributed by atoms with Crippen molar-refractivity contribution in [2.45, 2.75) is 19.5 Å². The topological polar surface area (TPSA) is 74.0 Å². The Morgan fingerprint density at radius 3 is 2.86 bits per heavy atom. The van der Waals surface area contributed by atoms with Gasteiger partial charge in [-0.25, -0.2) is 4.98 Å². The van der Waals surface area contributed by atoms with Gasteiger partial charge in [-0.1, -0.05) is 30.3 Å². The van der Waals surface area contributed by atoms with E-state index in [1.165, 1.54) is 5.56 Å². The van der Waals surface area contributed by atoms with E-state index in [0.29, 0.717) is 12.4 Å². The van der Waals surface area contributed by atoms with Crippen LogP contribution in [0.25, 0.3) is 22.3 Å². The molecule has 0 saturated carbocycles. The summed E-state index contributed by atoms with van der Waals surface area (Å²) in [4.78, 5) is 26.1. The number of nitrogens with zero attached hydrogens (tertiary/aromatic N) is 2. The molecule has 0 aliphatic carbocycles. The number of benzene rings is 2. The third-order valence-electron chi connectivity index (χ3n) is 5.56. The van der Waals surface area contributed by atoms with Crippen LogP contribution in [0.5, 0.6) is 5.75 Å². The number of nitrogens with one attached hydrogen (secondary N) is 2. The Morgan fingerprint density at radius 1 is 1.17 bits per heavy atom. The molecule has 2 aromatic carbocycles. The summed E-state index contributed by atoms with van der Waals surface area (Å²) < 4.78 is 5.37. The highest BCUT2D eigenvalue weighted by Crippen LogP contribution is 2.26. The molecule has 0 radical (unpaired) electrons. The van der Waals surface area contributed by atoms with Crippen molar-refractivity contribution in [1.29, 1.82) is 0 Å². The van der Waals surface area contributed by atoms with Crippen molar-refractivity contribution in [3.63, 3.8) is 0 Å².